The fraction of sp³-hybridized carbons (Fsp3) is 0.250. The average Bonchev–Trinajstić information content (AvgIpc) is 3.70. The second-order valence-electron chi connectivity index (χ2n) is 16.6. The molecule has 3 heterocycles. The van der Waals surface area contributed by atoms with E-state index in [1.807, 2.05) is 42.5 Å². The van der Waals surface area contributed by atoms with Gasteiger partial charge in [-0.15, -0.1) is 53.6 Å². The maximum atomic E-state index is 6.25. The van der Waals surface area contributed by atoms with Gasteiger partial charge in [-0.1, -0.05) is 138 Å². The Morgan fingerprint density at radius 1 is 0.796 bits per heavy atom. The summed E-state index contributed by atoms with van der Waals surface area (Å²) in [6.45, 7) is 19.3. The van der Waals surface area contributed by atoms with E-state index in [1.54, 1.807) is 0 Å². The zero-order chi connectivity index (χ0) is 37.3. The van der Waals surface area contributed by atoms with Crippen molar-refractivity contribution in [2.24, 2.45) is 5.41 Å². The van der Waals surface area contributed by atoms with Gasteiger partial charge < -0.3 is 14.0 Å². The second kappa shape index (κ2) is 16.0. The van der Waals surface area contributed by atoms with Crippen molar-refractivity contribution in [3.63, 3.8) is 0 Å². The van der Waals surface area contributed by atoms with Gasteiger partial charge in [-0.2, -0.15) is 0 Å². The minimum atomic E-state index is -1.40. The van der Waals surface area contributed by atoms with Crippen molar-refractivity contribution in [2.75, 3.05) is 0 Å². The van der Waals surface area contributed by atoms with Crippen LogP contribution in [0.4, 0.5) is 0 Å². The van der Waals surface area contributed by atoms with Crippen molar-refractivity contribution in [3.8, 4) is 22.6 Å². The first-order valence-corrected chi connectivity index (χ1v) is 22.2. The molecular formula is C48H49IrN3OSi-2. The number of aromatic nitrogens is 3. The Morgan fingerprint density at radius 2 is 1.50 bits per heavy atom. The van der Waals surface area contributed by atoms with Gasteiger partial charge in [0, 0.05) is 38.2 Å². The summed E-state index contributed by atoms with van der Waals surface area (Å²) in [5.41, 5.74) is 11.2. The predicted octanol–water partition coefficient (Wildman–Crippen LogP) is 12.3. The minimum absolute atomic E-state index is 0. The number of hydrogen-bond donors (Lipinski definition) is 0. The van der Waals surface area contributed by atoms with E-state index in [0.717, 1.165) is 68.6 Å². The van der Waals surface area contributed by atoms with Crippen LogP contribution in [0.3, 0.4) is 0 Å². The molecule has 8 rings (SSSR count). The maximum absolute atomic E-state index is 6.25. The zero-order valence-corrected chi connectivity index (χ0v) is 36.0. The van der Waals surface area contributed by atoms with Crippen molar-refractivity contribution in [3.05, 3.63) is 150 Å². The molecule has 3 aromatic heterocycles. The molecule has 0 saturated heterocycles. The van der Waals surface area contributed by atoms with Gasteiger partial charge in [-0.05, 0) is 52.4 Å². The Kier molecular flexibility index (Phi) is 11.6. The van der Waals surface area contributed by atoms with Crippen LogP contribution in [0.2, 0.25) is 19.6 Å². The summed E-state index contributed by atoms with van der Waals surface area (Å²) in [6, 6.07) is 46.4. The summed E-state index contributed by atoms with van der Waals surface area (Å²) < 4.78 is 8.51. The van der Waals surface area contributed by atoms with Crippen molar-refractivity contribution in [1.82, 2.24) is 14.5 Å². The molecule has 0 spiro atoms. The summed E-state index contributed by atoms with van der Waals surface area (Å²) in [5, 5.41) is 3.69. The predicted molar refractivity (Wildman–Crippen MR) is 226 cm³/mol. The van der Waals surface area contributed by atoms with Gasteiger partial charge in [0.05, 0.1) is 30.5 Å². The number of pyridine rings is 1. The van der Waals surface area contributed by atoms with Crippen LogP contribution < -0.4 is 5.19 Å². The number of furan rings is 1. The first kappa shape index (κ1) is 39.1. The number of imidazole rings is 1. The largest absolute Gasteiger partial charge is 0.501 e. The monoisotopic (exact) mass is 904 g/mol. The molecule has 0 N–H and O–H groups in total. The Morgan fingerprint density at radius 3 is 2.24 bits per heavy atom. The van der Waals surface area contributed by atoms with Gasteiger partial charge in [0.2, 0.25) is 0 Å². The molecule has 8 aromatic rings. The smallest absolute Gasteiger partial charge is 0.120 e. The van der Waals surface area contributed by atoms with Crippen LogP contribution in [-0.2, 0) is 33.1 Å². The van der Waals surface area contributed by atoms with Crippen LogP contribution >= 0.6 is 0 Å². The number of benzene rings is 5. The number of hydrogen-bond acceptors (Lipinski definition) is 3. The van der Waals surface area contributed by atoms with E-state index in [9.17, 15) is 0 Å². The Bertz CT molecular complexity index is 2520. The molecule has 0 amide bonds. The summed E-state index contributed by atoms with van der Waals surface area (Å²) >= 11 is 0. The standard InChI is InChI=1S/C26H17N2O.C22H32NSi.Ir/c1-2-9-18(10-3-1)17-28-23-15-6-5-14-22(23)27-26(28)21-13-8-12-20-19-11-4-7-16-24(19)29-25(20)21;1-16(2)17-10-9-11-18(12-17)20-13-19(14-22(3,4)5)21(15-23-20)24(6,7)8;/h1-12,14-16H,17H2;9-10,12-13,15-16H,14H2,1-8H3;/q2*-1;. The third kappa shape index (κ3) is 8.52. The molecule has 0 saturated carbocycles. The molecule has 5 aromatic carbocycles. The zero-order valence-electron chi connectivity index (χ0n) is 32.6. The second-order valence-corrected chi connectivity index (χ2v) is 21.6. The molecule has 1 radical (unpaired) electrons. The van der Waals surface area contributed by atoms with Gasteiger partial charge in [0.25, 0.3) is 0 Å². The number of rotatable bonds is 7. The Balaban J connectivity index is 0.000000185. The number of para-hydroxylation sites is 3. The summed E-state index contributed by atoms with van der Waals surface area (Å²) in [5.74, 6) is 1.40. The van der Waals surface area contributed by atoms with E-state index < -0.39 is 8.07 Å². The van der Waals surface area contributed by atoms with Crippen LogP contribution in [0.5, 0.6) is 0 Å². The normalized spacial score (nSPS) is 11.9. The van der Waals surface area contributed by atoms with Gasteiger partial charge >= 0.3 is 0 Å². The molecule has 0 aliphatic rings. The van der Waals surface area contributed by atoms with E-state index in [0.29, 0.717) is 5.92 Å². The third-order valence-electron chi connectivity index (χ3n) is 9.69. The van der Waals surface area contributed by atoms with Crippen LogP contribution in [-0.4, -0.2) is 22.6 Å². The Hall–Kier alpha value is -4.61. The van der Waals surface area contributed by atoms with Crippen molar-refractivity contribution in [1.29, 1.82) is 0 Å². The molecule has 0 aliphatic carbocycles. The van der Waals surface area contributed by atoms with Gasteiger partial charge in [0.15, 0.2) is 0 Å². The summed E-state index contributed by atoms with van der Waals surface area (Å²) in [7, 11) is -1.40. The van der Waals surface area contributed by atoms with Gasteiger partial charge in [-0.3, -0.25) is 4.98 Å². The minimum Gasteiger partial charge on any atom is -0.501 e. The molecule has 0 bridgehead atoms. The fourth-order valence-corrected chi connectivity index (χ4v) is 8.65. The van der Waals surface area contributed by atoms with Gasteiger partial charge in [-0.25, -0.2) is 0 Å². The van der Waals surface area contributed by atoms with Crippen LogP contribution in [0.25, 0.3) is 55.6 Å². The van der Waals surface area contributed by atoms with Crippen molar-refractivity contribution < 1.29 is 24.5 Å². The van der Waals surface area contributed by atoms with Crippen molar-refractivity contribution >= 4 is 46.2 Å². The molecule has 0 fully saturated rings. The van der Waals surface area contributed by atoms with E-state index in [4.69, 9.17) is 14.4 Å². The molecule has 0 aliphatic heterocycles. The van der Waals surface area contributed by atoms with Crippen LogP contribution in [0, 0.1) is 17.5 Å². The summed E-state index contributed by atoms with van der Waals surface area (Å²) in [4.78, 5) is 9.78. The quantitative estimate of drug-likeness (QED) is 0.118. The first-order valence-electron chi connectivity index (χ1n) is 18.7. The average molecular weight is 904 g/mol. The summed E-state index contributed by atoms with van der Waals surface area (Å²) in [6.07, 6.45) is 3.23. The number of fused-ring (bicyclic) bond motifs is 4. The molecule has 6 heteroatoms. The third-order valence-corrected chi connectivity index (χ3v) is 11.8. The van der Waals surface area contributed by atoms with E-state index in [-0.39, 0.29) is 25.5 Å². The molecule has 54 heavy (non-hydrogen) atoms. The van der Waals surface area contributed by atoms with E-state index >= 15 is 0 Å². The van der Waals surface area contributed by atoms with Crippen molar-refractivity contribution in [2.45, 2.75) is 73.1 Å². The van der Waals surface area contributed by atoms with E-state index in [1.165, 1.54) is 21.9 Å². The van der Waals surface area contributed by atoms with Gasteiger partial charge in [0.1, 0.15) is 5.58 Å². The maximum Gasteiger partial charge on any atom is 0.120 e. The molecular weight excluding hydrogens is 855 g/mol. The molecule has 4 nitrogen and oxygen atoms in total. The SMILES string of the molecule is CC(C)c1cc[c-]c(-c2cc(CC(C)(C)C)c([Si](C)(C)C)cn2)c1.[Ir].[c-]1ccc2c(oc3ccccc32)c1-c1nc2ccccc2n1Cc1ccccc1. The first-order chi connectivity index (χ1) is 25.4. The van der Waals surface area contributed by atoms with Crippen LogP contribution in [0.15, 0.2) is 126 Å². The van der Waals surface area contributed by atoms with E-state index in [2.05, 4.69) is 150 Å². The molecule has 0 unspecified atom stereocenters. The van der Waals surface area contributed by atoms with Crippen LogP contribution in [0.1, 0.15) is 57.2 Å². The number of nitrogens with zero attached hydrogens (tertiary/aromatic N) is 3. The fourth-order valence-electron chi connectivity index (χ4n) is 7.08. The Labute approximate surface area is 335 Å². The topological polar surface area (TPSA) is 43.9 Å². The molecule has 0 atom stereocenters. The molecule has 277 valence electrons.